The Balaban J connectivity index is 0.00000145. The molecule has 0 aromatic heterocycles. The van der Waals surface area contributed by atoms with Crippen LogP contribution >= 0.6 is 50.5 Å². The van der Waals surface area contributed by atoms with Crippen molar-refractivity contribution in [3.8, 4) is 0 Å². The van der Waals surface area contributed by atoms with Gasteiger partial charge in [-0.25, -0.2) is 0 Å². The molecule has 0 bridgehead atoms. The van der Waals surface area contributed by atoms with Gasteiger partial charge < -0.3 is 14.9 Å². The molecule has 51 heavy (non-hydrogen) atoms. The third-order valence-corrected chi connectivity index (χ3v) is 22.7. The van der Waals surface area contributed by atoms with Crippen molar-refractivity contribution in [2.45, 2.75) is 0 Å². The first-order chi connectivity index (χ1) is 23.8. The first kappa shape index (κ1) is 46.2. The molecule has 2 atom stereocenters. The third-order valence-electron chi connectivity index (χ3n) is 8.63. The SMILES string of the molecule is [CH3-].[CH3-].[Cl][Pt][Cl].[Pt+2].c1ccc([PH+](CC[PH+](c2ccccc2)c2ccccc2)C[PH+](CC[PH+](c2ccccc2)c2ccccc2)c2ccccc2)cc1. The van der Waals surface area contributed by atoms with Gasteiger partial charge in [-0.1, -0.05) is 109 Å². The van der Waals surface area contributed by atoms with Crippen molar-refractivity contribution in [2.75, 3.05) is 30.6 Å². The first-order valence-corrected chi connectivity index (χ1v) is 29.2. The predicted octanol–water partition coefficient (Wildman–Crippen LogP) is 10.0. The molecule has 0 saturated carbocycles. The summed E-state index contributed by atoms with van der Waals surface area (Å²) >= 11 is -0.472. The molecule has 0 aliphatic heterocycles. The minimum Gasteiger partial charge on any atom is -0.0620 e. The summed E-state index contributed by atoms with van der Waals surface area (Å²) in [5, 5.41) is 9.37. The summed E-state index contributed by atoms with van der Waals surface area (Å²) in [4.78, 5) is 0. The number of halogens is 2. The monoisotopic (exact) mass is 1150 g/mol. The van der Waals surface area contributed by atoms with E-state index in [9.17, 15) is 0 Å². The second-order valence-corrected chi connectivity index (χ2v) is 26.1. The molecule has 272 valence electrons. The molecule has 0 radical (unpaired) electrons. The summed E-state index contributed by atoms with van der Waals surface area (Å²) in [5.41, 5.74) is 0. The quantitative estimate of drug-likeness (QED) is 0.0754. The molecule has 0 amide bonds. The van der Waals surface area contributed by atoms with Gasteiger partial charge in [-0.3, -0.25) is 0 Å². The molecule has 0 aliphatic carbocycles. The van der Waals surface area contributed by atoms with Crippen molar-refractivity contribution in [1.82, 2.24) is 0 Å². The van der Waals surface area contributed by atoms with Crippen LogP contribution < -0.4 is 31.8 Å². The summed E-state index contributed by atoms with van der Waals surface area (Å²) < 4.78 is 0. The van der Waals surface area contributed by atoms with E-state index in [1.54, 1.807) is 10.6 Å². The number of rotatable bonds is 14. The van der Waals surface area contributed by atoms with E-state index in [4.69, 9.17) is 18.8 Å². The van der Waals surface area contributed by atoms with Crippen LogP contribution in [0.15, 0.2) is 182 Å². The summed E-state index contributed by atoms with van der Waals surface area (Å²) in [6.07, 6.45) is 5.22. The maximum Gasteiger partial charge on any atom is 2.00 e. The molecule has 0 aliphatic rings. The Morgan fingerprint density at radius 2 is 0.529 bits per heavy atom. The van der Waals surface area contributed by atoms with Crippen molar-refractivity contribution in [3.05, 3.63) is 197 Å². The Kier molecular flexibility index (Phi) is 24.2. The summed E-state index contributed by atoms with van der Waals surface area (Å²) in [6, 6.07) is 68.5. The van der Waals surface area contributed by atoms with Crippen LogP contribution in [0.2, 0.25) is 0 Å². The van der Waals surface area contributed by atoms with Crippen LogP contribution in [0.5, 0.6) is 0 Å². The number of hydrogen-bond donors (Lipinski definition) is 0. The molecule has 0 N–H and O–H groups in total. The van der Waals surface area contributed by atoms with E-state index >= 15 is 0 Å². The van der Waals surface area contributed by atoms with E-state index in [2.05, 4.69) is 182 Å². The Morgan fingerprint density at radius 3 is 0.745 bits per heavy atom. The van der Waals surface area contributed by atoms with Crippen LogP contribution in [0, 0.1) is 14.9 Å². The van der Waals surface area contributed by atoms with Gasteiger partial charge in [-0.15, -0.1) is 0 Å². The van der Waals surface area contributed by atoms with Crippen LogP contribution in [-0.4, -0.2) is 30.6 Å². The molecule has 6 aromatic rings. The molecule has 6 aromatic carbocycles. The van der Waals surface area contributed by atoms with E-state index in [0.29, 0.717) is 0 Å². The average Bonchev–Trinajstić information content (AvgIpc) is 3.16. The summed E-state index contributed by atoms with van der Waals surface area (Å²) in [6.45, 7) is 0. The van der Waals surface area contributed by atoms with E-state index in [-0.39, 0.29) is 35.9 Å². The van der Waals surface area contributed by atoms with Crippen LogP contribution in [0.4, 0.5) is 0 Å². The van der Waals surface area contributed by atoms with Gasteiger partial charge in [0.05, 0.1) is 75.8 Å². The Hall–Kier alpha value is -1.00. The topological polar surface area (TPSA) is 0 Å². The van der Waals surface area contributed by atoms with Crippen LogP contribution in [0.3, 0.4) is 0 Å². The average molecular weight is 1150 g/mol. The zero-order chi connectivity index (χ0) is 33.2. The van der Waals surface area contributed by atoms with Crippen molar-refractivity contribution < 1.29 is 37.5 Å². The molecule has 8 heteroatoms. The fourth-order valence-corrected chi connectivity index (χ4v) is 21.9. The minimum atomic E-state index is -0.856. The fraction of sp³-hybridized carbons (Fsp3) is 0.116. The van der Waals surface area contributed by atoms with Crippen LogP contribution in [0.25, 0.3) is 0 Å². The van der Waals surface area contributed by atoms with Gasteiger partial charge in [0.2, 0.25) is 0 Å². The van der Waals surface area contributed by atoms with Crippen LogP contribution in [0.1, 0.15) is 0 Å². The zero-order valence-corrected chi connectivity index (χ0v) is 39.3. The second kappa shape index (κ2) is 26.7. The Morgan fingerprint density at radius 1 is 0.333 bits per heavy atom. The third kappa shape index (κ3) is 15.0. The molecule has 0 nitrogen and oxygen atoms in total. The summed E-state index contributed by atoms with van der Waals surface area (Å²) in [7, 11) is 6.50. The van der Waals surface area contributed by atoms with Crippen molar-refractivity contribution in [2.24, 2.45) is 0 Å². The maximum absolute atomic E-state index is 4.88. The standard InChI is InChI=1S/C41H40P4.2CH3.2ClH.2Pt/c1-7-19-36(20-8-1)42(31-33-44(38-23-11-3-12-24-38)39-25-13-4-14-26-39)35-43(37-21-9-2-10-22-37)32-34-45(40-27-15-5-16-28-40)41-29-17-6-18-30-41;;;;;;/h1-30H,31-35H2;2*1H3;2*1H;;/q;2*-1;;;2*+2/p+2. The molecule has 6 rings (SSSR count). The molecular formula is C43H50Cl2P4Pt2+4. The molecular weight excluding hydrogens is 1100 g/mol. The van der Waals surface area contributed by atoms with Gasteiger partial charge in [0.15, 0.2) is 5.90 Å². The maximum atomic E-state index is 4.88. The van der Waals surface area contributed by atoms with E-state index in [1.165, 1.54) is 51.8 Å². The van der Waals surface area contributed by atoms with Crippen molar-refractivity contribution >= 4 is 82.3 Å². The van der Waals surface area contributed by atoms with Gasteiger partial charge in [0, 0.05) is 0 Å². The molecule has 0 saturated heterocycles. The zero-order valence-electron chi connectivity index (χ0n) is 29.2. The van der Waals surface area contributed by atoms with Gasteiger partial charge in [0.1, 0.15) is 12.3 Å². The molecule has 0 spiro atoms. The van der Waals surface area contributed by atoms with E-state index in [0.717, 1.165) is 0 Å². The van der Waals surface area contributed by atoms with E-state index in [1.807, 2.05) is 0 Å². The molecule has 0 fully saturated rings. The Labute approximate surface area is 344 Å². The van der Waals surface area contributed by atoms with Gasteiger partial charge in [-0.05, 0) is 72.8 Å². The van der Waals surface area contributed by atoms with Crippen LogP contribution in [-0.2, 0) is 37.5 Å². The Bertz CT molecular complexity index is 1500. The minimum absolute atomic E-state index is 0. The van der Waals surface area contributed by atoms with Gasteiger partial charge >= 0.3 is 56.4 Å². The molecule has 2 unspecified atom stereocenters. The van der Waals surface area contributed by atoms with Gasteiger partial charge in [0.25, 0.3) is 0 Å². The van der Waals surface area contributed by atoms with E-state index < -0.39 is 48.2 Å². The van der Waals surface area contributed by atoms with Crippen molar-refractivity contribution in [3.63, 3.8) is 0 Å². The van der Waals surface area contributed by atoms with Gasteiger partial charge in [-0.2, -0.15) is 0 Å². The predicted molar refractivity (Wildman–Crippen MR) is 239 cm³/mol. The fourth-order valence-electron chi connectivity index (χ4n) is 6.29. The normalized spacial score (nSPS) is 11.6. The second-order valence-electron chi connectivity index (χ2n) is 11.6. The number of benzene rings is 6. The first-order valence-electron chi connectivity index (χ1n) is 16.3. The van der Waals surface area contributed by atoms with Crippen molar-refractivity contribution in [1.29, 1.82) is 0 Å². The largest absolute Gasteiger partial charge is 2.00 e. The molecule has 0 heterocycles. The smallest absolute Gasteiger partial charge is 0.0620 e. The summed E-state index contributed by atoms with van der Waals surface area (Å²) in [5.74, 6) is 1.38. The number of hydrogen-bond acceptors (Lipinski definition) is 0.